The van der Waals surface area contributed by atoms with Gasteiger partial charge in [0.2, 0.25) is 0 Å². The lowest BCUT2D eigenvalue weighted by atomic mass is 9.69. The van der Waals surface area contributed by atoms with Crippen LogP contribution >= 0.6 is 0 Å². The van der Waals surface area contributed by atoms with Gasteiger partial charge in [0.1, 0.15) is 0 Å². The van der Waals surface area contributed by atoms with Crippen molar-refractivity contribution in [2.24, 2.45) is 5.41 Å². The summed E-state index contributed by atoms with van der Waals surface area (Å²) in [7, 11) is 0. The summed E-state index contributed by atoms with van der Waals surface area (Å²) in [4.78, 5) is 11.9. The first-order chi connectivity index (χ1) is 10.2. The molecule has 1 aliphatic heterocycles. The molecule has 0 radical (unpaired) electrons. The highest BCUT2D eigenvalue weighted by molar-refractivity contribution is 5.75. The molecule has 0 saturated carbocycles. The third-order valence-corrected chi connectivity index (χ3v) is 5.18. The lowest BCUT2D eigenvalue weighted by molar-refractivity contribution is -0.150. The van der Waals surface area contributed by atoms with Gasteiger partial charge in [-0.2, -0.15) is 0 Å². The SMILES string of the molecule is O=C(O)C1(CCCC2CCCO2)CCc2ccccc2C1. The molecule has 1 aromatic rings. The molecule has 114 valence electrons. The fourth-order valence-corrected chi connectivity index (χ4v) is 3.84. The Hall–Kier alpha value is -1.35. The second kappa shape index (κ2) is 6.18. The maximum Gasteiger partial charge on any atom is 0.309 e. The van der Waals surface area contributed by atoms with Crippen molar-refractivity contribution in [2.45, 2.75) is 57.5 Å². The van der Waals surface area contributed by atoms with Crippen molar-refractivity contribution < 1.29 is 14.6 Å². The molecule has 0 amide bonds. The van der Waals surface area contributed by atoms with E-state index >= 15 is 0 Å². The molecule has 21 heavy (non-hydrogen) atoms. The molecule has 3 rings (SSSR count). The molecule has 2 unspecified atom stereocenters. The van der Waals surface area contributed by atoms with Gasteiger partial charge in [-0.15, -0.1) is 0 Å². The Morgan fingerprint density at radius 1 is 1.33 bits per heavy atom. The normalized spacial score (nSPS) is 28.3. The van der Waals surface area contributed by atoms with Crippen LogP contribution in [-0.4, -0.2) is 23.8 Å². The molecule has 1 N–H and O–H groups in total. The predicted molar refractivity (Wildman–Crippen MR) is 81.4 cm³/mol. The van der Waals surface area contributed by atoms with Gasteiger partial charge in [0, 0.05) is 6.61 Å². The number of carboxylic acids is 1. The van der Waals surface area contributed by atoms with Gasteiger partial charge in [-0.3, -0.25) is 4.79 Å². The van der Waals surface area contributed by atoms with Crippen LogP contribution in [0.3, 0.4) is 0 Å². The zero-order valence-corrected chi connectivity index (χ0v) is 12.5. The van der Waals surface area contributed by atoms with Crippen molar-refractivity contribution in [1.29, 1.82) is 0 Å². The number of carboxylic acid groups (broad SMARTS) is 1. The van der Waals surface area contributed by atoms with E-state index in [1.54, 1.807) is 0 Å². The maximum absolute atomic E-state index is 11.9. The van der Waals surface area contributed by atoms with Crippen LogP contribution in [0.1, 0.15) is 49.7 Å². The molecule has 2 atom stereocenters. The van der Waals surface area contributed by atoms with Gasteiger partial charge in [-0.25, -0.2) is 0 Å². The van der Waals surface area contributed by atoms with Crippen molar-refractivity contribution >= 4 is 5.97 Å². The molecule has 0 bridgehead atoms. The van der Waals surface area contributed by atoms with E-state index in [1.165, 1.54) is 11.1 Å². The monoisotopic (exact) mass is 288 g/mol. The minimum atomic E-state index is -0.621. The molecule has 1 heterocycles. The quantitative estimate of drug-likeness (QED) is 0.900. The minimum absolute atomic E-state index is 0.367. The van der Waals surface area contributed by atoms with E-state index in [9.17, 15) is 9.90 Å². The molecular formula is C18H24O3. The van der Waals surface area contributed by atoms with Gasteiger partial charge in [0.15, 0.2) is 0 Å². The zero-order chi connectivity index (χ0) is 14.7. The second-order valence-electron chi connectivity index (χ2n) is 6.56. The van der Waals surface area contributed by atoms with Crippen LogP contribution in [0.15, 0.2) is 24.3 Å². The standard InChI is InChI=1S/C18H24O3/c19-17(20)18(10-3-7-16-8-4-12-21-16)11-9-14-5-1-2-6-15(14)13-18/h1-2,5-6,16H,3-4,7-13H2,(H,19,20). The van der Waals surface area contributed by atoms with Gasteiger partial charge in [0.05, 0.1) is 11.5 Å². The molecule has 1 fully saturated rings. The summed E-state index contributed by atoms with van der Waals surface area (Å²) < 4.78 is 5.64. The first-order valence-corrected chi connectivity index (χ1v) is 8.11. The largest absolute Gasteiger partial charge is 0.481 e. The number of hydrogen-bond donors (Lipinski definition) is 1. The van der Waals surface area contributed by atoms with Gasteiger partial charge in [-0.1, -0.05) is 24.3 Å². The number of rotatable bonds is 5. The predicted octanol–water partition coefficient (Wildman–Crippen LogP) is 3.60. The number of benzene rings is 1. The van der Waals surface area contributed by atoms with Crippen LogP contribution in [0, 0.1) is 5.41 Å². The van der Waals surface area contributed by atoms with E-state index in [0.717, 1.165) is 51.6 Å². The molecule has 0 spiro atoms. The van der Waals surface area contributed by atoms with E-state index in [0.29, 0.717) is 12.5 Å². The van der Waals surface area contributed by atoms with Crippen LogP contribution in [0.2, 0.25) is 0 Å². The zero-order valence-electron chi connectivity index (χ0n) is 12.5. The first kappa shape index (κ1) is 14.6. The second-order valence-corrected chi connectivity index (χ2v) is 6.56. The van der Waals surface area contributed by atoms with Crippen molar-refractivity contribution in [3.8, 4) is 0 Å². The summed E-state index contributed by atoms with van der Waals surface area (Å²) in [5, 5.41) is 9.78. The minimum Gasteiger partial charge on any atom is -0.481 e. The van der Waals surface area contributed by atoms with Gasteiger partial charge in [0.25, 0.3) is 0 Å². The topological polar surface area (TPSA) is 46.5 Å². The summed E-state index contributed by atoms with van der Waals surface area (Å²) >= 11 is 0. The smallest absolute Gasteiger partial charge is 0.309 e. The molecule has 2 aliphatic rings. The first-order valence-electron chi connectivity index (χ1n) is 8.11. The molecular weight excluding hydrogens is 264 g/mol. The van der Waals surface area contributed by atoms with Gasteiger partial charge < -0.3 is 9.84 Å². The summed E-state index contributed by atoms with van der Waals surface area (Å²) in [6, 6.07) is 8.28. The van der Waals surface area contributed by atoms with Crippen molar-refractivity contribution in [2.75, 3.05) is 6.61 Å². The highest BCUT2D eigenvalue weighted by Gasteiger charge is 2.40. The summed E-state index contributed by atoms with van der Waals surface area (Å²) in [5.74, 6) is -0.621. The maximum atomic E-state index is 11.9. The molecule has 1 aromatic carbocycles. The van der Waals surface area contributed by atoms with E-state index < -0.39 is 11.4 Å². The number of aliphatic carboxylic acids is 1. The van der Waals surface area contributed by atoms with Crippen molar-refractivity contribution in [3.05, 3.63) is 35.4 Å². The Labute approximate surface area is 126 Å². The van der Waals surface area contributed by atoms with Gasteiger partial charge in [-0.05, 0) is 62.5 Å². The lowest BCUT2D eigenvalue weighted by Gasteiger charge is -2.34. The van der Waals surface area contributed by atoms with Crippen molar-refractivity contribution in [1.82, 2.24) is 0 Å². The third kappa shape index (κ3) is 3.13. The van der Waals surface area contributed by atoms with Crippen LogP contribution in [0.5, 0.6) is 0 Å². The van der Waals surface area contributed by atoms with Crippen molar-refractivity contribution in [3.63, 3.8) is 0 Å². The van der Waals surface area contributed by atoms with E-state index in [4.69, 9.17) is 4.74 Å². The molecule has 1 aliphatic carbocycles. The lowest BCUT2D eigenvalue weighted by Crippen LogP contribution is -2.37. The van der Waals surface area contributed by atoms with Crippen LogP contribution in [-0.2, 0) is 22.4 Å². The number of hydrogen-bond acceptors (Lipinski definition) is 2. The van der Waals surface area contributed by atoms with E-state index in [-0.39, 0.29) is 0 Å². The fraction of sp³-hybridized carbons (Fsp3) is 0.611. The Morgan fingerprint density at radius 2 is 2.14 bits per heavy atom. The summed E-state index contributed by atoms with van der Waals surface area (Å²) in [6.45, 7) is 0.877. The van der Waals surface area contributed by atoms with Crippen LogP contribution in [0.4, 0.5) is 0 Å². The number of fused-ring (bicyclic) bond motifs is 1. The Kier molecular flexibility index (Phi) is 4.29. The fourth-order valence-electron chi connectivity index (χ4n) is 3.84. The highest BCUT2D eigenvalue weighted by Crippen LogP contribution is 2.40. The number of aryl methyl sites for hydroxylation is 1. The Balaban J connectivity index is 1.65. The number of carbonyl (C=O) groups is 1. The molecule has 3 heteroatoms. The van der Waals surface area contributed by atoms with E-state index in [1.807, 2.05) is 12.1 Å². The molecule has 1 saturated heterocycles. The van der Waals surface area contributed by atoms with Crippen LogP contribution < -0.4 is 0 Å². The Morgan fingerprint density at radius 3 is 2.86 bits per heavy atom. The number of ether oxygens (including phenoxy) is 1. The molecule has 0 aromatic heterocycles. The average molecular weight is 288 g/mol. The summed E-state index contributed by atoms with van der Waals surface area (Å²) in [6.07, 6.45) is 7.75. The molecule has 3 nitrogen and oxygen atoms in total. The van der Waals surface area contributed by atoms with Crippen LogP contribution in [0.25, 0.3) is 0 Å². The average Bonchev–Trinajstić information content (AvgIpc) is 3.00. The summed E-state index contributed by atoms with van der Waals surface area (Å²) in [5.41, 5.74) is 1.99. The third-order valence-electron chi connectivity index (χ3n) is 5.18. The Bertz CT molecular complexity index is 505. The van der Waals surface area contributed by atoms with Gasteiger partial charge >= 0.3 is 5.97 Å². The van der Waals surface area contributed by atoms with E-state index in [2.05, 4.69) is 12.1 Å². The highest BCUT2D eigenvalue weighted by atomic mass is 16.5.